The number of fused-ring (bicyclic) bond motifs is 1. The van der Waals surface area contributed by atoms with Gasteiger partial charge in [-0.15, -0.1) is 0 Å². The second-order valence-electron chi connectivity index (χ2n) is 8.84. The zero-order chi connectivity index (χ0) is 22.3. The monoisotopic (exact) mass is 438 g/mol. The van der Waals surface area contributed by atoms with Crippen molar-refractivity contribution in [1.82, 2.24) is 4.90 Å². The summed E-state index contributed by atoms with van der Waals surface area (Å²) in [5.41, 5.74) is 3.82. The SMILES string of the molecule is CCN1c2ccc(/C=C3\SC(=O)N(Cc4ccccc4F)C3=O)cc2[C@@H](C)CC1(C)C. The molecule has 1 atom stereocenters. The van der Waals surface area contributed by atoms with Gasteiger partial charge in [0.1, 0.15) is 5.82 Å². The van der Waals surface area contributed by atoms with Crippen molar-refractivity contribution in [3.63, 3.8) is 0 Å². The molecule has 0 spiro atoms. The van der Waals surface area contributed by atoms with Crippen LogP contribution in [-0.4, -0.2) is 28.1 Å². The lowest BCUT2D eigenvalue weighted by atomic mass is 9.79. The Morgan fingerprint density at radius 3 is 2.65 bits per heavy atom. The lowest BCUT2D eigenvalue weighted by Gasteiger charge is -2.47. The van der Waals surface area contributed by atoms with Gasteiger partial charge in [0.25, 0.3) is 11.1 Å². The van der Waals surface area contributed by atoms with E-state index in [4.69, 9.17) is 0 Å². The number of carbonyl (C=O) groups is 2. The van der Waals surface area contributed by atoms with Gasteiger partial charge in [0, 0.05) is 23.3 Å². The molecule has 162 valence electrons. The first-order chi connectivity index (χ1) is 14.7. The summed E-state index contributed by atoms with van der Waals surface area (Å²) in [6, 6.07) is 12.5. The minimum Gasteiger partial charge on any atom is -0.366 e. The van der Waals surface area contributed by atoms with Crippen molar-refractivity contribution in [1.29, 1.82) is 0 Å². The van der Waals surface area contributed by atoms with E-state index in [9.17, 15) is 14.0 Å². The molecule has 2 heterocycles. The van der Waals surface area contributed by atoms with E-state index in [1.54, 1.807) is 24.3 Å². The number of halogens is 1. The van der Waals surface area contributed by atoms with Crippen LogP contribution in [0.25, 0.3) is 6.08 Å². The Hall–Kier alpha value is -2.60. The number of anilines is 1. The van der Waals surface area contributed by atoms with Crippen molar-refractivity contribution < 1.29 is 14.0 Å². The van der Waals surface area contributed by atoms with Gasteiger partial charge in [-0.25, -0.2) is 4.39 Å². The molecule has 6 heteroatoms. The predicted octanol–water partition coefficient (Wildman–Crippen LogP) is 6.17. The third kappa shape index (κ3) is 4.01. The average Bonchev–Trinajstić information content (AvgIpc) is 2.97. The number of nitrogens with zero attached hydrogens (tertiary/aromatic N) is 2. The van der Waals surface area contributed by atoms with Gasteiger partial charge in [0.15, 0.2) is 0 Å². The molecule has 0 bridgehead atoms. The molecular weight excluding hydrogens is 411 g/mol. The van der Waals surface area contributed by atoms with E-state index in [2.05, 4.69) is 44.7 Å². The summed E-state index contributed by atoms with van der Waals surface area (Å²) in [7, 11) is 0. The van der Waals surface area contributed by atoms with E-state index in [-0.39, 0.29) is 23.2 Å². The van der Waals surface area contributed by atoms with Gasteiger partial charge in [-0.1, -0.05) is 31.2 Å². The standard InChI is InChI=1S/C25H27FN2O2S/c1-5-28-21-11-10-17(12-19(21)16(2)14-25(28,3)4)13-22-23(29)27(24(30)31-22)15-18-8-6-7-9-20(18)26/h6-13,16H,5,14-15H2,1-4H3/b22-13-/t16-/m0/s1. The maximum Gasteiger partial charge on any atom is 0.293 e. The van der Waals surface area contributed by atoms with E-state index >= 15 is 0 Å². The van der Waals surface area contributed by atoms with Crippen LogP contribution in [0.3, 0.4) is 0 Å². The Bertz CT molecular complexity index is 1080. The van der Waals surface area contributed by atoms with E-state index in [1.807, 2.05) is 6.07 Å². The number of benzene rings is 2. The minimum atomic E-state index is -0.419. The normalized spacial score (nSPS) is 21.7. The Kier molecular flexibility index (Phi) is 5.69. The minimum absolute atomic E-state index is 0.0591. The molecule has 2 aliphatic rings. The molecule has 4 nitrogen and oxygen atoms in total. The zero-order valence-electron chi connectivity index (χ0n) is 18.3. The van der Waals surface area contributed by atoms with Crippen LogP contribution in [0.15, 0.2) is 47.4 Å². The molecule has 0 radical (unpaired) electrons. The summed E-state index contributed by atoms with van der Waals surface area (Å²) in [5.74, 6) is -0.393. The number of hydrogen-bond donors (Lipinski definition) is 0. The molecule has 0 aliphatic carbocycles. The van der Waals surface area contributed by atoms with Gasteiger partial charge >= 0.3 is 0 Å². The predicted molar refractivity (Wildman–Crippen MR) is 124 cm³/mol. The highest BCUT2D eigenvalue weighted by Crippen LogP contribution is 2.44. The van der Waals surface area contributed by atoms with E-state index in [0.717, 1.165) is 35.2 Å². The van der Waals surface area contributed by atoms with Gasteiger partial charge in [-0.3, -0.25) is 14.5 Å². The lowest BCUT2D eigenvalue weighted by molar-refractivity contribution is -0.123. The summed E-state index contributed by atoms with van der Waals surface area (Å²) < 4.78 is 14.0. The smallest absolute Gasteiger partial charge is 0.293 e. The molecule has 2 aliphatic heterocycles. The first-order valence-corrected chi connectivity index (χ1v) is 11.4. The third-order valence-corrected chi connectivity index (χ3v) is 7.09. The molecule has 2 amide bonds. The Morgan fingerprint density at radius 1 is 1.19 bits per heavy atom. The van der Waals surface area contributed by atoms with Crippen molar-refractivity contribution in [3.8, 4) is 0 Å². The second-order valence-corrected chi connectivity index (χ2v) is 9.83. The van der Waals surface area contributed by atoms with Crippen molar-refractivity contribution in [2.45, 2.75) is 52.1 Å². The maximum absolute atomic E-state index is 14.0. The number of carbonyl (C=O) groups excluding carboxylic acids is 2. The molecule has 2 aromatic rings. The molecule has 1 saturated heterocycles. The van der Waals surface area contributed by atoms with Crippen LogP contribution in [0.4, 0.5) is 14.9 Å². The lowest BCUT2D eigenvalue weighted by Crippen LogP contribution is -2.48. The van der Waals surface area contributed by atoms with Crippen molar-refractivity contribution in [2.75, 3.05) is 11.4 Å². The Labute approximate surface area is 187 Å². The van der Waals surface area contributed by atoms with Crippen molar-refractivity contribution in [2.24, 2.45) is 0 Å². The Morgan fingerprint density at radius 2 is 1.94 bits per heavy atom. The fraction of sp³-hybridized carbons (Fsp3) is 0.360. The average molecular weight is 439 g/mol. The summed E-state index contributed by atoms with van der Waals surface area (Å²) in [6.07, 6.45) is 2.83. The van der Waals surface area contributed by atoms with Crippen LogP contribution in [0.1, 0.15) is 56.7 Å². The highest BCUT2D eigenvalue weighted by Gasteiger charge is 2.37. The third-order valence-electron chi connectivity index (χ3n) is 6.18. The molecule has 0 unspecified atom stereocenters. The molecular formula is C25H27FN2O2S. The number of rotatable bonds is 4. The highest BCUT2D eigenvalue weighted by molar-refractivity contribution is 8.18. The van der Waals surface area contributed by atoms with Gasteiger partial charge < -0.3 is 4.90 Å². The number of imide groups is 1. The number of thioether (sulfide) groups is 1. The van der Waals surface area contributed by atoms with Gasteiger partial charge in [0.2, 0.25) is 0 Å². The molecule has 31 heavy (non-hydrogen) atoms. The topological polar surface area (TPSA) is 40.6 Å². The van der Waals surface area contributed by atoms with Gasteiger partial charge in [-0.05, 0) is 80.3 Å². The van der Waals surface area contributed by atoms with Gasteiger partial charge in [0.05, 0.1) is 11.4 Å². The van der Waals surface area contributed by atoms with Crippen LogP contribution in [-0.2, 0) is 11.3 Å². The fourth-order valence-electron chi connectivity index (χ4n) is 4.78. The first kappa shape index (κ1) is 21.6. The molecule has 0 N–H and O–H groups in total. The van der Waals surface area contributed by atoms with Crippen molar-refractivity contribution >= 4 is 34.7 Å². The van der Waals surface area contributed by atoms with E-state index < -0.39 is 5.82 Å². The molecule has 1 fully saturated rings. The molecule has 2 aromatic carbocycles. The first-order valence-electron chi connectivity index (χ1n) is 10.6. The van der Waals surface area contributed by atoms with Crippen LogP contribution in [0.5, 0.6) is 0 Å². The van der Waals surface area contributed by atoms with Crippen LogP contribution < -0.4 is 4.90 Å². The zero-order valence-corrected chi connectivity index (χ0v) is 19.1. The summed E-state index contributed by atoms with van der Waals surface area (Å²) >= 11 is 0.910. The quantitative estimate of drug-likeness (QED) is 0.535. The largest absolute Gasteiger partial charge is 0.366 e. The number of hydrogen-bond acceptors (Lipinski definition) is 4. The maximum atomic E-state index is 14.0. The van der Waals surface area contributed by atoms with Crippen LogP contribution in [0, 0.1) is 5.82 Å². The molecule has 0 aromatic heterocycles. The number of amides is 2. The summed E-state index contributed by atoms with van der Waals surface area (Å²) in [4.78, 5) is 29.2. The van der Waals surface area contributed by atoms with E-state index in [0.29, 0.717) is 16.4 Å². The second kappa shape index (κ2) is 8.15. The van der Waals surface area contributed by atoms with E-state index in [1.165, 1.54) is 17.3 Å². The van der Waals surface area contributed by atoms with Crippen molar-refractivity contribution in [3.05, 3.63) is 69.9 Å². The summed E-state index contributed by atoms with van der Waals surface area (Å²) in [5, 5.41) is -0.371. The highest BCUT2D eigenvalue weighted by atomic mass is 32.2. The fourth-order valence-corrected chi connectivity index (χ4v) is 5.62. The van der Waals surface area contributed by atoms with Crippen LogP contribution in [0.2, 0.25) is 0 Å². The molecule has 4 rings (SSSR count). The van der Waals surface area contributed by atoms with Gasteiger partial charge in [-0.2, -0.15) is 0 Å². The Balaban J connectivity index is 1.61. The molecule has 0 saturated carbocycles. The van der Waals surface area contributed by atoms with Crippen LogP contribution >= 0.6 is 11.8 Å². The summed E-state index contributed by atoms with van der Waals surface area (Å²) in [6.45, 7) is 9.82.